The molecule has 4 aliphatic rings. The van der Waals surface area contributed by atoms with Gasteiger partial charge in [0.25, 0.3) is 13.4 Å². The summed E-state index contributed by atoms with van der Waals surface area (Å²) in [4.78, 5) is 9.62. The van der Waals surface area contributed by atoms with Gasteiger partial charge in [-0.15, -0.1) is 0 Å². The van der Waals surface area contributed by atoms with Crippen molar-refractivity contribution >= 4 is 149 Å². The maximum atomic E-state index is 7.67. The number of benzene rings is 13. The van der Waals surface area contributed by atoms with Crippen LogP contribution in [0.4, 0.5) is 68.2 Å². The molecule has 17 rings (SSSR count). The number of rotatable bonds is 9. The Morgan fingerprint density at radius 3 is 1.11 bits per heavy atom. The first-order chi connectivity index (χ1) is 42.7. The Balaban J connectivity index is 0.891. The number of nitrogens with zero attached hydrogens (tertiary/aromatic N) is 4. The molecule has 87 heavy (non-hydrogen) atoms. The Labute approximate surface area is 509 Å². The van der Waals surface area contributed by atoms with Gasteiger partial charge in [0.2, 0.25) is 0 Å². The third kappa shape index (κ3) is 8.17. The zero-order chi connectivity index (χ0) is 58.1. The second-order valence-corrected chi connectivity index (χ2v) is 29.6. The second-order valence-electron chi connectivity index (χ2n) is 24.5. The highest BCUT2D eigenvalue weighted by atomic mass is 28.3. The van der Waals surface area contributed by atoms with Crippen molar-refractivity contribution in [2.45, 2.75) is 26.6 Å². The van der Waals surface area contributed by atoms with Crippen LogP contribution in [0.1, 0.15) is 5.56 Å². The van der Waals surface area contributed by atoms with E-state index in [1.54, 1.807) is 0 Å². The molecule has 0 N–H and O–H groups in total. The lowest BCUT2D eigenvalue weighted by Gasteiger charge is -2.42. The van der Waals surface area contributed by atoms with Crippen molar-refractivity contribution in [1.82, 2.24) is 0 Å². The highest BCUT2D eigenvalue weighted by Crippen LogP contribution is 2.49. The first kappa shape index (κ1) is 51.0. The lowest BCUT2D eigenvalue weighted by molar-refractivity contribution is 0.471. The third-order valence-corrected chi connectivity index (χ3v) is 20.3. The van der Waals surface area contributed by atoms with Gasteiger partial charge in [0.1, 0.15) is 23.0 Å². The normalized spacial score (nSPS) is 13.1. The molecule has 0 amide bonds. The van der Waals surface area contributed by atoms with E-state index in [1.165, 1.54) is 21.7 Å². The minimum absolute atomic E-state index is 0.163. The van der Waals surface area contributed by atoms with E-state index >= 15 is 0 Å². The molecule has 0 unspecified atom stereocenters. The molecule has 13 aromatic carbocycles. The molecule has 0 radical (unpaired) electrons. The summed E-state index contributed by atoms with van der Waals surface area (Å²) in [7, 11) is -1.60. The van der Waals surface area contributed by atoms with E-state index < -0.39 is 8.07 Å². The Kier molecular flexibility index (Phi) is 11.6. The highest BCUT2D eigenvalue weighted by molar-refractivity contribution is 7.02. The summed E-state index contributed by atoms with van der Waals surface area (Å²) in [5.74, 6) is 3.32. The summed E-state index contributed by atoms with van der Waals surface area (Å²) in [6.07, 6.45) is 0. The van der Waals surface area contributed by atoms with Gasteiger partial charge in [0.05, 0.1) is 8.07 Å². The van der Waals surface area contributed by atoms with Crippen molar-refractivity contribution in [3.8, 4) is 23.0 Å². The summed E-state index contributed by atoms with van der Waals surface area (Å²) < 4.78 is 15.3. The predicted molar refractivity (Wildman–Crippen MR) is 370 cm³/mol. The van der Waals surface area contributed by atoms with Crippen molar-refractivity contribution in [3.63, 3.8) is 0 Å². The lowest BCUT2D eigenvalue weighted by atomic mass is 9.31. The maximum Gasteiger partial charge on any atom is 0.256 e. The zero-order valence-electron chi connectivity index (χ0n) is 48.8. The van der Waals surface area contributed by atoms with E-state index in [4.69, 9.17) is 9.47 Å². The van der Waals surface area contributed by atoms with Gasteiger partial charge < -0.3 is 29.1 Å². The molecule has 0 atom stereocenters. The van der Waals surface area contributed by atoms with Gasteiger partial charge in [-0.05, 0) is 184 Å². The van der Waals surface area contributed by atoms with E-state index in [-0.39, 0.29) is 13.4 Å². The van der Waals surface area contributed by atoms with E-state index in [9.17, 15) is 0 Å². The molecule has 13 aromatic rings. The summed E-state index contributed by atoms with van der Waals surface area (Å²) >= 11 is 0. The molecule has 4 heterocycles. The van der Waals surface area contributed by atoms with Crippen molar-refractivity contribution in [1.29, 1.82) is 0 Å². The van der Waals surface area contributed by atoms with E-state index in [0.29, 0.717) is 0 Å². The SMILES string of the molecule is Cc1ccc(N2c3ccccc3B3c4cc5c(cc4Oc4c3c2cc2cc(N(c3ccccc3)c3ccccc3)ccc42)Oc2c3c(cc4cc(N(c6ccccc6)c6ccccc6)ccc24)N(c2ccc([Si](C)(C)C)cc2)c2ccccc2B53)cc1. The Bertz CT molecular complexity index is 4810. The summed E-state index contributed by atoms with van der Waals surface area (Å²) in [6.45, 7) is 9.09. The summed E-state index contributed by atoms with van der Waals surface area (Å²) in [5, 5.41) is 5.69. The van der Waals surface area contributed by atoms with Crippen molar-refractivity contribution in [2.24, 2.45) is 0 Å². The van der Waals surface area contributed by atoms with Gasteiger partial charge >= 0.3 is 0 Å². The average molecular weight is 1130 g/mol. The Hall–Kier alpha value is -10.5. The monoisotopic (exact) mass is 1130 g/mol. The predicted octanol–water partition coefficient (Wildman–Crippen LogP) is 16.6. The largest absolute Gasteiger partial charge is 0.458 e. The minimum Gasteiger partial charge on any atom is -0.458 e. The molecule has 0 saturated carbocycles. The second kappa shape index (κ2) is 19.8. The quantitative estimate of drug-likeness (QED) is 0.134. The van der Waals surface area contributed by atoms with Crippen LogP contribution in [0.3, 0.4) is 0 Å². The number of aryl methyl sites for hydroxylation is 1. The zero-order valence-corrected chi connectivity index (χ0v) is 49.8. The average Bonchev–Trinajstić information content (AvgIpc) is 0.995. The Morgan fingerprint density at radius 2 is 0.713 bits per heavy atom. The fourth-order valence-electron chi connectivity index (χ4n) is 14.2. The number of hydrogen-bond donors (Lipinski definition) is 0. The first-order valence-electron chi connectivity index (χ1n) is 30.2. The van der Waals surface area contributed by atoms with Crippen LogP contribution in [0.25, 0.3) is 21.5 Å². The fourth-order valence-corrected chi connectivity index (χ4v) is 15.4. The highest BCUT2D eigenvalue weighted by Gasteiger charge is 2.47. The van der Waals surface area contributed by atoms with Crippen molar-refractivity contribution < 1.29 is 9.47 Å². The number of para-hydroxylation sites is 6. The van der Waals surface area contributed by atoms with Crippen molar-refractivity contribution in [2.75, 3.05) is 19.6 Å². The molecule has 0 spiro atoms. The molecule has 0 aliphatic carbocycles. The number of hydrogen-bond acceptors (Lipinski definition) is 6. The van der Waals surface area contributed by atoms with Crippen LogP contribution in [-0.4, -0.2) is 21.5 Å². The van der Waals surface area contributed by atoms with Gasteiger partial charge in [0, 0.05) is 85.1 Å². The van der Waals surface area contributed by atoms with Crippen LogP contribution in [0.2, 0.25) is 19.6 Å². The summed E-state index contributed by atoms with van der Waals surface area (Å²) in [5.41, 5.74) is 21.4. The standard InChI is InChI=1S/C78H58B2N4O2Si/c1-51-33-35-58(36-34-51)83-69-31-19-17-29-65(69)79-67-49-68-74(50-73(67)85-77-63-43-39-60(45-52(63)47-71(83)75(77)79)81(54-21-9-5-10-22-54)55-23-11-6-12-24-55)86-78-64-44-40-61(82(56-25-13-7-14-26-56)57-27-15-8-16-28-57)46-53(64)48-72-76(78)80(68)66-30-18-20-32-70(66)84(72)59-37-41-62(42-38-59)87(2,3)4/h5-50H,1-4H3. The molecule has 6 nitrogen and oxygen atoms in total. The first-order valence-corrected chi connectivity index (χ1v) is 33.7. The van der Waals surface area contributed by atoms with Crippen LogP contribution in [-0.2, 0) is 0 Å². The van der Waals surface area contributed by atoms with Gasteiger partial charge in [-0.25, -0.2) is 0 Å². The van der Waals surface area contributed by atoms with E-state index in [2.05, 4.69) is 325 Å². The molecule has 0 fully saturated rings. The van der Waals surface area contributed by atoms with E-state index in [0.717, 1.165) is 135 Å². The molecular formula is C78H58B2N4O2Si. The number of ether oxygens (including phenoxy) is 2. The van der Waals surface area contributed by atoms with E-state index in [1.807, 2.05) is 0 Å². The lowest BCUT2D eigenvalue weighted by Crippen LogP contribution is -2.63. The number of anilines is 12. The molecule has 9 heteroatoms. The molecular weight excluding hydrogens is 1070 g/mol. The van der Waals surface area contributed by atoms with Crippen LogP contribution in [0.15, 0.2) is 279 Å². The van der Waals surface area contributed by atoms with Crippen molar-refractivity contribution in [3.05, 3.63) is 285 Å². The maximum absolute atomic E-state index is 7.67. The van der Waals surface area contributed by atoms with Crippen LogP contribution in [0, 0.1) is 6.92 Å². The Morgan fingerprint density at radius 1 is 0.333 bits per heavy atom. The third-order valence-electron chi connectivity index (χ3n) is 18.3. The topological polar surface area (TPSA) is 31.4 Å². The van der Waals surface area contributed by atoms with Gasteiger partial charge in [-0.3, -0.25) is 0 Å². The van der Waals surface area contributed by atoms with Crippen LogP contribution in [0.5, 0.6) is 23.0 Å². The fraction of sp³-hybridized carbons (Fsp3) is 0.0513. The molecule has 0 aromatic heterocycles. The molecule has 0 bridgehead atoms. The molecule has 0 saturated heterocycles. The summed E-state index contributed by atoms with van der Waals surface area (Å²) in [6, 6.07) is 102. The number of fused-ring (bicyclic) bond motifs is 12. The van der Waals surface area contributed by atoms with Gasteiger partial charge in [0.15, 0.2) is 0 Å². The van der Waals surface area contributed by atoms with Gasteiger partial charge in [-0.2, -0.15) is 0 Å². The molecule has 4 aliphatic heterocycles. The van der Waals surface area contributed by atoms with Gasteiger partial charge in [-0.1, -0.05) is 170 Å². The smallest absolute Gasteiger partial charge is 0.256 e. The minimum atomic E-state index is -1.60. The van der Waals surface area contributed by atoms with Crippen LogP contribution < -0.4 is 67.0 Å². The van der Waals surface area contributed by atoms with Crippen LogP contribution >= 0.6 is 0 Å². The molecule has 412 valence electrons.